The summed E-state index contributed by atoms with van der Waals surface area (Å²) in [6.07, 6.45) is 0.880. The third kappa shape index (κ3) is 3.42. The van der Waals surface area contributed by atoms with E-state index >= 15 is 0 Å². The van der Waals surface area contributed by atoms with Gasteiger partial charge in [0, 0.05) is 17.6 Å². The first-order valence-corrected chi connectivity index (χ1v) is 6.87. The number of hydrogen-bond donors (Lipinski definition) is 1. The lowest BCUT2D eigenvalue weighted by atomic mass is 10.0. The molecular weight excluding hydrogens is 256 g/mol. The highest BCUT2D eigenvalue weighted by atomic mass is 19.1. The third-order valence-corrected chi connectivity index (χ3v) is 3.49. The molecule has 0 bridgehead atoms. The van der Waals surface area contributed by atoms with Crippen LogP contribution in [0.15, 0.2) is 48.5 Å². The van der Waals surface area contributed by atoms with E-state index in [0.29, 0.717) is 5.56 Å². The highest BCUT2D eigenvalue weighted by Gasteiger charge is 2.16. The van der Waals surface area contributed by atoms with Gasteiger partial charge in [-0.15, -0.1) is 0 Å². The Labute approximate surface area is 118 Å². The molecule has 2 rings (SSSR count). The van der Waals surface area contributed by atoms with Gasteiger partial charge in [0.1, 0.15) is 11.6 Å². The first-order valence-electron chi connectivity index (χ1n) is 6.87. The molecule has 106 valence electrons. The summed E-state index contributed by atoms with van der Waals surface area (Å²) in [5.41, 5.74) is 1.51. The first kappa shape index (κ1) is 14.7. The molecule has 2 aromatic carbocycles. The maximum Gasteiger partial charge on any atom is 0.128 e. The Morgan fingerprint density at radius 2 is 1.75 bits per heavy atom. The van der Waals surface area contributed by atoms with E-state index < -0.39 is 5.82 Å². The zero-order valence-corrected chi connectivity index (χ0v) is 11.7. The molecule has 0 spiro atoms. The van der Waals surface area contributed by atoms with Crippen molar-refractivity contribution >= 4 is 0 Å². The number of hydrogen-bond acceptors (Lipinski definition) is 1. The summed E-state index contributed by atoms with van der Waals surface area (Å²) in [4.78, 5) is 0. The predicted molar refractivity (Wildman–Crippen MR) is 77.4 cm³/mol. The van der Waals surface area contributed by atoms with Gasteiger partial charge in [-0.1, -0.05) is 37.3 Å². The van der Waals surface area contributed by atoms with Crippen molar-refractivity contribution < 1.29 is 8.78 Å². The molecule has 2 aromatic rings. The van der Waals surface area contributed by atoms with Gasteiger partial charge in [-0.2, -0.15) is 0 Å². The van der Waals surface area contributed by atoms with Gasteiger partial charge in [0.15, 0.2) is 0 Å². The van der Waals surface area contributed by atoms with Gasteiger partial charge in [0.2, 0.25) is 0 Å². The minimum Gasteiger partial charge on any atom is -0.303 e. The van der Waals surface area contributed by atoms with Crippen LogP contribution in [0.3, 0.4) is 0 Å². The van der Waals surface area contributed by atoms with Crippen LogP contribution in [0.4, 0.5) is 8.78 Å². The largest absolute Gasteiger partial charge is 0.303 e. The van der Waals surface area contributed by atoms with Crippen LogP contribution in [0.5, 0.6) is 0 Å². The normalized spacial score (nSPS) is 14.0. The highest BCUT2D eigenvalue weighted by Crippen LogP contribution is 2.24. The van der Waals surface area contributed by atoms with Gasteiger partial charge in [0.25, 0.3) is 0 Å². The molecule has 2 atom stereocenters. The molecule has 0 radical (unpaired) electrons. The van der Waals surface area contributed by atoms with Crippen molar-refractivity contribution in [2.24, 2.45) is 0 Å². The van der Waals surface area contributed by atoms with E-state index in [2.05, 4.69) is 12.2 Å². The fraction of sp³-hybridized carbons (Fsp3) is 0.294. The molecule has 0 aliphatic rings. The van der Waals surface area contributed by atoms with E-state index in [4.69, 9.17) is 0 Å². The van der Waals surface area contributed by atoms with Crippen LogP contribution in [0, 0.1) is 11.6 Å². The minimum atomic E-state index is -0.414. The van der Waals surface area contributed by atoms with E-state index in [-0.39, 0.29) is 17.9 Å². The summed E-state index contributed by atoms with van der Waals surface area (Å²) in [5.74, 6) is -0.794. The molecular formula is C17H19F2N. The van der Waals surface area contributed by atoms with E-state index in [1.807, 2.05) is 37.3 Å². The van der Waals surface area contributed by atoms with Crippen molar-refractivity contribution in [1.82, 2.24) is 5.32 Å². The lowest BCUT2D eigenvalue weighted by Crippen LogP contribution is -2.25. The summed E-state index contributed by atoms with van der Waals surface area (Å²) in [6, 6.07) is 13.4. The van der Waals surface area contributed by atoms with E-state index in [9.17, 15) is 8.78 Å². The molecule has 20 heavy (non-hydrogen) atoms. The van der Waals surface area contributed by atoms with Gasteiger partial charge in [0.05, 0.1) is 0 Å². The molecule has 1 nitrogen and oxygen atoms in total. The van der Waals surface area contributed by atoms with E-state index in [0.717, 1.165) is 18.1 Å². The van der Waals surface area contributed by atoms with E-state index in [1.165, 1.54) is 12.1 Å². The number of nitrogens with one attached hydrogen (secondary N) is 1. The van der Waals surface area contributed by atoms with Crippen molar-refractivity contribution in [3.05, 3.63) is 71.3 Å². The van der Waals surface area contributed by atoms with Gasteiger partial charge in [-0.25, -0.2) is 8.78 Å². The quantitative estimate of drug-likeness (QED) is 0.829. The molecule has 0 saturated heterocycles. The van der Waals surface area contributed by atoms with Gasteiger partial charge >= 0.3 is 0 Å². The molecule has 0 heterocycles. The van der Waals surface area contributed by atoms with Gasteiger partial charge < -0.3 is 5.32 Å². The summed E-state index contributed by atoms with van der Waals surface area (Å²) in [7, 11) is 0. The van der Waals surface area contributed by atoms with Gasteiger partial charge in [-0.3, -0.25) is 0 Å². The molecule has 0 aliphatic heterocycles. The SMILES string of the molecule is CCC(NC(C)c1cc(F)ccc1F)c1ccccc1. The fourth-order valence-electron chi connectivity index (χ4n) is 2.37. The average Bonchev–Trinajstić information content (AvgIpc) is 2.48. The summed E-state index contributed by atoms with van der Waals surface area (Å²) in [6.45, 7) is 3.92. The van der Waals surface area contributed by atoms with Crippen LogP contribution in [0.1, 0.15) is 43.5 Å². The smallest absolute Gasteiger partial charge is 0.128 e. The van der Waals surface area contributed by atoms with Crippen LogP contribution in [-0.2, 0) is 0 Å². The summed E-state index contributed by atoms with van der Waals surface area (Å²) in [5, 5.41) is 3.36. The fourth-order valence-corrected chi connectivity index (χ4v) is 2.37. The van der Waals surface area contributed by atoms with Crippen LogP contribution in [0.25, 0.3) is 0 Å². The number of halogens is 2. The predicted octanol–water partition coefficient (Wildman–Crippen LogP) is 4.77. The second-order valence-corrected chi connectivity index (χ2v) is 4.93. The molecule has 0 amide bonds. The van der Waals surface area contributed by atoms with Crippen molar-refractivity contribution in [2.75, 3.05) is 0 Å². The Hall–Kier alpha value is -1.74. The van der Waals surface area contributed by atoms with Crippen molar-refractivity contribution in [1.29, 1.82) is 0 Å². The molecule has 0 aliphatic carbocycles. The average molecular weight is 275 g/mol. The lowest BCUT2D eigenvalue weighted by molar-refractivity contribution is 0.440. The minimum absolute atomic E-state index is 0.119. The standard InChI is InChI=1S/C17H19F2N/c1-3-17(13-7-5-4-6-8-13)20-12(2)15-11-14(18)9-10-16(15)19/h4-12,17,20H,3H2,1-2H3. The summed E-state index contributed by atoms with van der Waals surface area (Å²) < 4.78 is 27.0. The number of benzene rings is 2. The maximum atomic E-state index is 13.8. The maximum absolute atomic E-state index is 13.8. The Morgan fingerprint density at radius 1 is 1.05 bits per heavy atom. The van der Waals surface area contributed by atoms with Gasteiger partial charge in [-0.05, 0) is 37.1 Å². The molecule has 1 N–H and O–H groups in total. The van der Waals surface area contributed by atoms with Crippen molar-refractivity contribution in [3.8, 4) is 0 Å². The second-order valence-electron chi connectivity index (χ2n) is 4.93. The van der Waals surface area contributed by atoms with Crippen LogP contribution in [0.2, 0.25) is 0 Å². The monoisotopic (exact) mass is 275 g/mol. The molecule has 0 fully saturated rings. The molecule has 3 heteroatoms. The van der Waals surface area contributed by atoms with Crippen molar-refractivity contribution in [2.45, 2.75) is 32.4 Å². The first-order chi connectivity index (χ1) is 9.61. The van der Waals surface area contributed by atoms with Crippen LogP contribution in [-0.4, -0.2) is 0 Å². The molecule has 2 unspecified atom stereocenters. The van der Waals surface area contributed by atoms with E-state index in [1.54, 1.807) is 0 Å². The Morgan fingerprint density at radius 3 is 2.40 bits per heavy atom. The third-order valence-electron chi connectivity index (χ3n) is 3.49. The number of rotatable bonds is 5. The zero-order chi connectivity index (χ0) is 14.5. The van der Waals surface area contributed by atoms with Crippen LogP contribution >= 0.6 is 0 Å². The Balaban J connectivity index is 2.17. The topological polar surface area (TPSA) is 12.0 Å². The van der Waals surface area contributed by atoms with Crippen molar-refractivity contribution in [3.63, 3.8) is 0 Å². The van der Waals surface area contributed by atoms with Crippen LogP contribution < -0.4 is 5.32 Å². The second kappa shape index (κ2) is 6.62. The molecule has 0 saturated carbocycles. The Kier molecular flexibility index (Phi) is 4.85. The Bertz CT molecular complexity index is 554. The molecule has 0 aromatic heterocycles. The summed E-state index contributed by atoms with van der Waals surface area (Å²) >= 11 is 0. The zero-order valence-electron chi connectivity index (χ0n) is 11.7. The highest BCUT2D eigenvalue weighted by molar-refractivity contribution is 5.24. The lowest BCUT2D eigenvalue weighted by Gasteiger charge is -2.23.